The maximum Gasteiger partial charge on any atom is 0.407 e. The number of ether oxygens (including phenoxy) is 2. The quantitative estimate of drug-likeness (QED) is 0.738. The van der Waals surface area contributed by atoms with Crippen molar-refractivity contribution in [1.29, 1.82) is 0 Å². The molecule has 0 spiro atoms. The molecule has 2 aliphatic rings. The van der Waals surface area contributed by atoms with Gasteiger partial charge in [-0.3, -0.25) is 5.10 Å². The lowest BCUT2D eigenvalue weighted by Gasteiger charge is -2.12. The summed E-state index contributed by atoms with van der Waals surface area (Å²) in [6.07, 6.45) is 3.31. The number of aromatic nitrogens is 2. The zero-order chi connectivity index (χ0) is 19.1. The first kappa shape index (κ1) is 19.6. The molecule has 1 fully saturated rings. The maximum absolute atomic E-state index is 11.0. The van der Waals surface area contributed by atoms with E-state index in [1.807, 2.05) is 31.7 Å². The summed E-state index contributed by atoms with van der Waals surface area (Å²) >= 11 is 1.93. The Balaban J connectivity index is 0.000000161. The van der Waals surface area contributed by atoms with Gasteiger partial charge in [0.05, 0.1) is 19.4 Å². The molecule has 1 atom stereocenters. The van der Waals surface area contributed by atoms with Crippen LogP contribution in [0, 0.1) is 0 Å². The van der Waals surface area contributed by atoms with Crippen LogP contribution in [0.3, 0.4) is 0 Å². The first-order chi connectivity index (χ1) is 13.1. The zero-order valence-corrected chi connectivity index (χ0v) is 16.5. The number of hydrogen-bond acceptors (Lipinski definition) is 6. The molecule has 1 aromatic heterocycles. The van der Waals surface area contributed by atoms with Gasteiger partial charge in [-0.05, 0) is 38.0 Å². The van der Waals surface area contributed by atoms with Gasteiger partial charge in [-0.25, -0.2) is 4.79 Å². The van der Waals surface area contributed by atoms with Crippen LogP contribution in [0.1, 0.15) is 25.8 Å². The van der Waals surface area contributed by atoms with Gasteiger partial charge in [0, 0.05) is 34.9 Å². The number of hydrogen-bond donors (Lipinski definition) is 3. The number of amides is 1. The Morgan fingerprint density at radius 3 is 3.00 bits per heavy atom. The molecule has 0 saturated carbocycles. The Labute approximate surface area is 163 Å². The zero-order valence-electron chi connectivity index (χ0n) is 15.7. The number of nitrogens with one attached hydrogen (secondary N) is 3. The molecule has 7 nitrogen and oxygen atoms in total. The van der Waals surface area contributed by atoms with Gasteiger partial charge < -0.3 is 20.1 Å². The molecule has 0 unspecified atom stereocenters. The lowest BCUT2D eigenvalue weighted by Crippen LogP contribution is -2.33. The molecule has 0 bridgehead atoms. The Hall–Kier alpha value is -2.19. The fourth-order valence-electron chi connectivity index (χ4n) is 2.84. The van der Waals surface area contributed by atoms with E-state index in [2.05, 4.69) is 39.0 Å². The van der Waals surface area contributed by atoms with Gasteiger partial charge in [-0.15, -0.1) is 11.8 Å². The van der Waals surface area contributed by atoms with E-state index < -0.39 is 0 Å². The lowest BCUT2D eigenvalue weighted by atomic mass is 10.1. The minimum absolute atomic E-state index is 0.0521. The van der Waals surface area contributed by atoms with Gasteiger partial charge in [0.15, 0.2) is 0 Å². The monoisotopic (exact) mass is 390 g/mol. The van der Waals surface area contributed by atoms with Crippen molar-refractivity contribution in [2.75, 3.05) is 24.3 Å². The number of benzene rings is 1. The van der Waals surface area contributed by atoms with Crippen molar-refractivity contribution in [2.24, 2.45) is 0 Å². The van der Waals surface area contributed by atoms with E-state index in [1.54, 1.807) is 6.20 Å². The van der Waals surface area contributed by atoms with E-state index in [0.29, 0.717) is 13.2 Å². The van der Waals surface area contributed by atoms with Gasteiger partial charge in [0.25, 0.3) is 0 Å². The van der Waals surface area contributed by atoms with Crippen LogP contribution < -0.4 is 10.6 Å². The lowest BCUT2D eigenvalue weighted by molar-refractivity contribution is 0.0817. The Morgan fingerprint density at radius 2 is 2.30 bits per heavy atom. The number of aromatic amines is 1. The van der Waals surface area contributed by atoms with Gasteiger partial charge in [0.1, 0.15) is 11.9 Å². The smallest absolute Gasteiger partial charge is 0.407 e. The molecule has 3 heterocycles. The fraction of sp³-hybridized carbons (Fsp3) is 0.474. The number of H-pyrrole nitrogens is 1. The molecule has 0 aliphatic carbocycles. The van der Waals surface area contributed by atoms with Crippen molar-refractivity contribution in [3.05, 3.63) is 36.0 Å². The highest BCUT2D eigenvalue weighted by molar-refractivity contribution is 7.99. The number of alkyl carbamates (subject to hydrolysis) is 1. The second-order valence-electron chi connectivity index (χ2n) is 6.67. The summed E-state index contributed by atoms with van der Waals surface area (Å²) in [7, 11) is 0. The van der Waals surface area contributed by atoms with E-state index in [9.17, 15) is 4.79 Å². The van der Waals surface area contributed by atoms with Crippen molar-refractivity contribution in [1.82, 2.24) is 15.5 Å². The molecule has 8 heteroatoms. The van der Waals surface area contributed by atoms with Crippen molar-refractivity contribution in [3.8, 4) is 0 Å². The summed E-state index contributed by atoms with van der Waals surface area (Å²) in [6.45, 7) is 5.02. The Bertz CT molecular complexity index is 731. The average Bonchev–Trinajstić information content (AvgIpc) is 3.37. The first-order valence-corrected chi connectivity index (χ1v) is 10.2. The molecule has 146 valence electrons. The number of fused-ring (bicyclic) bond motifs is 1. The fourth-order valence-corrected chi connectivity index (χ4v) is 3.92. The maximum atomic E-state index is 11.0. The summed E-state index contributed by atoms with van der Waals surface area (Å²) in [5.41, 5.74) is 2.62. The SMILES string of the molecule is CC(C)NC(=O)O[C@@H]1CCOC1.c1cc(Nc2ccn[nH]2)c2c(c1)SCC2. The minimum atomic E-state index is -0.347. The van der Waals surface area contributed by atoms with Gasteiger partial charge in [-0.2, -0.15) is 5.10 Å². The highest BCUT2D eigenvalue weighted by atomic mass is 32.2. The van der Waals surface area contributed by atoms with E-state index >= 15 is 0 Å². The normalized spacial score (nSPS) is 17.8. The molecule has 1 saturated heterocycles. The second-order valence-corrected chi connectivity index (χ2v) is 7.80. The number of anilines is 2. The summed E-state index contributed by atoms with van der Waals surface area (Å²) in [6, 6.07) is 8.45. The van der Waals surface area contributed by atoms with E-state index in [1.165, 1.54) is 21.9 Å². The highest BCUT2D eigenvalue weighted by Crippen LogP contribution is 2.36. The van der Waals surface area contributed by atoms with Crippen molar-refractivity contribution in [2.45, 2.75) is 43.7 Å². The van der Waals surface area contributed by atoms with Crippen molar-refractivity contribution in [3.63, 3.8) is 0 Å². The van der Waals surface area contributed by atoms with Crippen LogP contribution in [0.15, 0.2) is 35.4 Å². The van der Waals surface area contributed by atoms with Crippen LogP contribution in [0.2, 0.25) is 0 Å². The largest absolute Gasteiger partial charge is 0.444 e. The van der Waals surface area contributed by atoms with Crippen LogP contribution in [0.25, 0.3) is 0 Å². The molecule has 2 aromatic rings. The highest BCUT2D eigenvalue weighted by Gasteiger charge is 2.19. The molecule has 1 amide bonds. The van der Waals surface area contributed by atoms with Crippen LogP contribution in [-0.2, 0) is 15.9 Å². The Morgan fingerprint density at radius 1 is 1.41 bits per heavy atom. The number of carbonyl (C=O) groups excluding carboxylic acids is 1. The topological polar surface area (TPSA) is 88.3 Å². The molecule has 27 heavy (non-hydrogen) atoms. The predicted molar refractivity (Wildman–Crippen MR) is 107 cm³/mol. The minimum Gasteiger partial charge on any atom is -0.444 e. The predicted octanol–water partition coefficient (Wildman–Crippen LogP) is 3.71. The van der Waals surface area contributed by atoms with Gasteiger partial charge in [0.2, 0.25) is 0 Å². The third kappa shape index (κ3) is 5.90. The summed E-state index contributed by atoms with van der Waals surface area (Å²) in [4.78, 5) is 12.4. The van der Waals surface area contributed by atoms with E-state index in [-0.39, 0.29) is 18.2 Å². The third-order valence-electron chi connectivity index (χ3n) is 4.08. The standard InChI is InChI=1S/C11H11N3S.C8H15NO3/c1-2-9(13-11-4-6-12-14-11)8-5-7-15-10(8)3-1;1-6(2)9-8(10)12-7-3-4-11-5-7/h1-4,6H,5,7H2,(H2,12,13,14);6-7H,3-5H2,1-2H3,(H,9,10)/t;7-/m.1/s1. The van der Waals surface area contributed by atoms with Gasteiger partial charge in [-0.1, -0.05) is 6.07 Å². The first-order valence-electron chi connectivity index (χ1n) is 9.18. The van der Waals surface area contributed by atoms with Crippen LogP contribution in [0.4, 0.5) is 16.3 Å². The summed E-state index contributed by atoms with van der Waals surface area (Å²) in [5, 5.41) is 12.8. The number of thioether (sulfide) groups is 1. The Kier molecular flexibility index (Phi) is 7.00. The number of rotatable bonds is 4. The van der Waals surface area contributed by atoms with E-state index in [0.717, 1.165) is 18.7 Å². The van der Waals surface area contributed by atoms with Gasteiger partial charge >= 0.3 is 6.09 Å². The van der Waals surface area contributed by atoms with E-state index in [4.69, 9.17) is 9.47 Å². The van der Waals surface area contributed by atoms with Crippen LogP contribution >= 0.6 is 11.8 Å². The molecule has 4 rings (SSSR count). The third-order valence-corrected chi connectivity index (χ3v) is 5.18. The van der Waals surface area contributed by atoms with Crippen molar-refractivity contribution < 1.29 is 14.3 Å². The average molecular weight is 391 g/mol. The molecule has 2 aliphatic heterocycles. The van der Waals surface area contributed by atoms with Crippen molar-refractivity contribution >= 4 is 29.4 Å². The molecular weight excluding hydrogens is 364 g/mol. The molecule has 1 aromatic carbocycles. The van der Waals surface area contributed by atoms with Crippen LogP contribution in [0.5, 0.6) is 0 Å². The molecule has 3 N–H and O–H groups in total. The molecular formula is C19H26N4O3S. The van der Waals surface area contributed by atoms with Crippen LogP contribution in [-0.4, -0.2) is 47.4 Å². The number of nitrogens with zero attached hydrogens (tertiary/aromatic N) is 1. The molecule has 0 radical (unpaired) electrons. The second kappa shape index (κ2) is 9.66. The summed E-state index contributed by atoms with van der Waals surface area (Å²) < 4.78 is 10.1. The summed E-state index contributed by atoms with van der Waals surface area (Å²) in [5.74, 6) is 2.14. The number of carbonyl (C=O) groups is 1.